The molecule has 9 heavy (non-hydrogen) atoms. The minimum atomic E-state index is -0.250. The standard InChI is InChI=1S/C6H13.2BrH.Zn/c1-4-6(3)5-2;;;/h6H,3-5H2,1-2H3;2*1H;/q;;;+2/p-2. The summed E-state index contributed by atoms with van der Waals surface area (Å²) >= 11 is 6.25. The van der Waals surface area contributed by atoms with Crippen LogP contribution < -0.4 is 0 Å². The Balaban J connectivity index is 0. The third kappa shape index (κ3) is 17.7. The first-order valence-electron chi connectivity index (χ1n) is 3.17. The number of rotatable bonds is 2. The molecule has 0 aromatic rings. The van der Waals surface area contributed by atoms with Crippen molar-refractivity contribution in [3.05, 3.63) is 6.92 Å². The third-order valence-electron chi connectivity index (χ3n) is 1.15. The van der Waals surface area contributed by atoms with Crippen LogP contribution >= 0.6 is 27.2 Å². The maximum absolute atomic E-state index is 3.88. The van der Waals surface area contributed by atoms with Gasteiger partial charge in [-0.25, -0.2) is 0 Å². The van der Waals surface area contributed by atoms with Crippen molar-refractivity contribution in [3.8, 4) is 0 Å². The largest absolute Gasteiger partial charge is 0.0651 e. The molecule has 0 aliphatic rings. The molecule has 0 fully saturated rings. The first kappa shape index (κ1) is 13.2. The number of hydrogen-bond acceptors (Lipinski definition) is 0. The first-order valence-corrected chi connectivity index (χ1v) is 17.1. The predicted molar refractivity (Wildman–Crippen MR) is 47.3 cm³/mol. The Hall–Kier alpha value is 1.58. The number of halogens is 2. The molecule has 0 aliphatic carbocycles. The van der Waals surface area contributed by atoms with Crippen LogP contribution in [0.15, 0.2) is 0 Å². The Morgan fingerprint density at radius 2 is 1.56 bits per heavy atom. The molecule has 0 atom stereocenters. The van der Waals surface area contributed by atoms with Crippen molar-refractivity contribution in [3.63, 3.8) is 0 Å². The third-order valence-corrected chi connectivity index (χ3v) is 1.15. The molecule has 0 spiro atoms. The van der Waals surface area contributed by atoms with E-state index in [0.29, 0.717) is 5.92 Å². The fourth-order valence-corrected chi connectivity index (χ4v) is 0.289. The van der Waals surface area contributed by atoms with E-state index in [0.717, 1.165) is 0 Å². The minimum Gasteiger partial charge on any atom is -0.0651 e. The molecule has 0 unspecified atom stereocenters. The topological polar surface area (TPSA) is 0 Å². The molecule has 3 heteroatoms. The van der Waals surface area contributed by atoms with Gasteiger partial charge in [0.15, 0.2) is 0 Å². The van der Waals surface area contributed by atoms with Crippen LogP contribution in [0.3, 0.4) is 0 Å². The van der Waals surface area contributed by atoms with Crippen LogP contribution in [0.1, 0.15) is 26.7 Å². The van der Waals surface area contributed by atoms with E-state index in [1.807, 2.05) is 0 Å². The minimum absolute atomic E-state index is 0.250. The second kappa shape index (κ2) is 12.3. The van der Waals surface area contributed by atoms with Gasteiger partial charge in [0.2, 0.25) is 0 Å². The van der Waals surface area contributed by atoms with Gasteiger partial charge >= 0.3 is 40.5 Å². The van der Waals surface area contributed by atoms with Crippen molar-refractivity contribution in [2.45, 2.75) is 26.7 Å². The summed E-state index contributed by atoms with van der Waals surface area (Å²) in [4.78, 5) is 0. The maximum atomic E-state index is 3.88. The Bertz CT molecular complexity index is 38.0. The summed E-state index contributed by atoms with van der Waals surface area (Å²) in [6.07, 6.45) is 2.44. The summed E-state index contributed by atoms with van der Waals surface area (Å²) in [5.41, 5.74) is 0. The second-order valence-corrected chi connectivity index (χ2v) is 15.9. The van der Waals surface area contributed by atoms with E-state index in [9.17, 15) is 0 Å². The van der Waals surface area contributed by atoms with Crippen LogP contribution in [-0.4, -0.2) is 0 Å². The molecule has 0 rings (SSSR count). The van der Waals surface area contributed by atoms with Crippen molar-refractivity contribution < 1.29 is 13.2 Å². The predicted octanol–water partition coefficient (Wildman–Crippen LogP) is 3.95. The summed E-state index contributed by atoms with van der Waals surface area (Å²) in [5.74, 6) is 0.685. The maximum Gasteiger partial charge on any atom is -0.0419 e. The van der Waals surface area contributed by atoms with Gasteiger partial charge < -0.3 is 0 Å². The molecule has 0 bridgehead atoms. The van der Waals surface area contributed by atoms with E-state index in [-0.39, 0.29) is 13.2 Å². The molecule has 0 N–H and O–H groups in total. The van der Waals surface area contributed by atoms with Crippen LogP contribution in [0.5, 0.6) is 0 Å². The zero-order valence-electron chi connectivity index (χ0n) is 6.16. The normalized spacial score (nSPS) is 7.78. The molecule has 0 saturated heterocycles. The SMILES string of the molecule is [Br][Zn][Br].[CH2]C(CC)CC. The van der Waals surface area contributed by atoms with Crippen molar-refractivity contribution in [1.29, 1.82) is 0 Å². The zero-order valence-corrected chi connectivity index (χ0v) is 12.3. The first-order chi connectivity index (χ1) is 4.22. The van der Waals surface area contributed by atoms with Crippen molar-refractivity contribution in [1.82, 2.24) is 0 Å². The molecule has 0 aromatic carbocycles. The average molecular weight is 310 g/mol. The van der Waals surface area contributed by atoms with Gasteiger partial charge in [0.1, 0.15) is 0 Å². The fraction of sp³-hybridized carbons (Fsp3) is 0.833. The number of hydrogen-bond donors (Lipinski definition) is 0. The molecule has 1 radical (unpaired) electrons. The fourth-order valence-electron chi connectivity index (χ4n) is 0.289. The zero-order chi connectivity index (χ0) is 7.70. The quantitative estimate of drug-likeness (QED) is 0.678. The van der Waals surface area contributed by atoms with Crippen LogP contribution in [0.25, 0.3) is 0 Å². The molecule has 0 heterocycles. The van der Waals surface area contributed by atoms with E-state index in [1.165, 1.54) is 12.8 Å². The van der Waals surface area contributed by atoms with Gasteiger partial charge in [-0.1, -0.05) is 33.6 Å². The smallest absolute Gasteiger partial charge is 0.0419 e. The van der Waals surface area contributed by atoms with Gasteiger partial charge in [0.25, 0.3) is 0 Å². The Morgan fingerprint density at radius 3 is 1.56 bits per heavy atom. The molecule has 0 saturated carbocycles. The van der Waals surface area contributed by atoms with Crippen molar-refractivity contribution >= 4 is 27.2 Å². The van der Waals surface area contributed by atoms with Gasteiger partial charge in [-0.15, -0.1) is 0 Å². The van der Waals surface area contributed by atoms with Crippen molar-refractivity contribution in [2.75, 3.05) is 0 Å². The molecular formula is C6H13Br2Zn. The molecule has 53 valence electrons. The Kier molecular flexibility index (Phi) is 18.0. The van der Waals surface area contributed by atoms with E-state index in [1.54, 1.807) is 0 Å². The van der Waals surface area contributed by atoms with Gasteiger partial charge in [-0.3, -0.25) is 0 Å². The Labute approximate surface area is 79.5 Å². The monoisotopic (exact) mass is 307 g/mol. The average Bonchev–Trinajstić information content (AvgIpc) is 1.88. The van der Waals surface area contributed by atoms with Crippen molar-refractivity contribution in [2.24, 2.45) is 5.92 Å². The van der Waals surface area contributed by atoms with Gasteiger partial charge in [0.05, 0.1) is 0 Å². The second-order valence-electron chi connectivity index (χ2n) is 1.78. The van der Waals surface area contributed by atoms with Crippen LogP contribution in [0.4, 0.5) is 0 Å². The summed E-state index contributed by atoms with van der Waals surface area (Å²) in [5, 5.41) is 0. The summed E-state index contributed by atoms with van der Waals surface area (Å²) in [6, 6.07) is 0. The van der Waals surface area contributed by atoms with Crippen LogP contribution in [0.2, 0.25) is 0 Å². The van der Waals surface area contributed by atoms with Gasteiger partial charge in [-0.05, 0) is 5.92 Å². The molecule has 0 aliphatic heterocycles. The summed E-state index contributed by atoms with van der Waals surface area (Å²) in [7, 11) is 0. The molecule has 0 nitrogen and oxygen atoms in total. The molecular weight excluding hydrogens is 297 g/mol. The van der Waals surface area contributed by atoms with E-state index in [2.05, 4.69) is 48.0 Å². The van der Waals surface area contributed by atoms with Gasteiger partial charge in [0, 0.05) is 0 Å². The molecule has 0 aromatic heterocycles. The van der Waals surface area contributed by atoms with Crippen LogP contribution in [-0.2, 0) is 13.2 Å². The van der Waals surface area contributed by atoms with Crippen LogP contribution in [0, 0.1) is 12.8 Å². The molecule has 0 amide bonds. The van der Waals surface area contributed by atoms with E-state index >= 15 is 0 Å². The summed E-state index contributed by atoms with van der Waals surface area (Å²) < 4.78 is 0. The van der Waals surface area contributed by atoms with E-state index < -0.39 is 0 Å². The Morgan fingerprint density at radius 1 is 1.33 bits per heavy atom. The van der Waals surface area contributed by atoms with E-state index in [4.69, 9.17) is 0 Å². The summed E-state index contributed by atoms with van der Waals surface area (Å²) in [6.45, 7) is 8.21. The van der Waals surface area contributed by atoms with Gasteiger partial charge in [-0.2, -0.15) is 0 Å².